The van der Waals surface area contributed by atoms with E-state index in [1.54, 1.807) is 0 Å². The van der Waals surface area contributed by atoms with E-state index in [0.29, 0.717) is 6.42 Å². The topological polar surface area (TPSA) is 55.4 Å². The summed E-state index contributed by atoms with van der Waals surface area (Å²) in [4.78, 5) is 10.2. The highest BCUT2D eigenvalue weighted by atomic mass is 32.2. The first-order valence-electron chi connectivity index (χ1n) is 2.48. The predicted molar refractivity (Wildman–Crippen MR) is 31.7 cm³/mol. The molecule has 0 spiro atoms. The van der Waals surface area contributed by atoms with Crippen LogP contribution in [0.5, 0.6) is 0 Å². The lowest BCUT2D eigenvalue weighted by atomic mass is 10.3. The van der Waals surface area contributed by atoms with Gasteiger partial charge in [-0.2, -0.15) is 0 Å². The van der Waals surface area contributed by atoms with Crippen molar-refractivity contribution in [2.45, 2.75) is 11.8 Å². The highest BCUT2D eigenvalue weighted by molar-refractivity contribution is 7.81. The Morgan fingerprint density at radius 3 is 2.78 bits per heavy atom. The zero-order valence-corrected chi connectivity index (χ0v) is 5.73. The molecule has 0 aromatic heterocycles. The lowest BCUT2D eigenvalue weighted by molar-refractivity contribution is -0.126. The predicted octanol–water partition coefficient (Wildman–Crippen LogP) is -0.857. The summed E-state index contributed by atoms with van der Waals surface area (Å²) in [6.45, 7) is 0. The van der Waals surface area contributed by atoms with E-state index in [-0.39, 0.29) is 11.3 Å². The van der Waals surface area contributed by atoms with Crippen LogP contribution in [0.4, 0.5) is 0 Å². The fourth-order valence-electron chi connectivity index (χ4n) is 0.559. The van der Waals surface area contributed by atoms with Gasteiger partial charge in [-0.25, -0.2) is 4.21 Å². The van der Waals surface area contributed by atoms with Gasteiger partial charge in [-0.15, -0.1) is 0 Å². The van der Waals surface area contributed by atoms with E-state index in [4.69, 9.17) is 0 Å². The van der Waals surface area contributed by atoms with E-state index < -0.39 is 11.1 Å². The molecule has 1 rings (SSSR count). The summed E-state index contributed by atoms with van der Waals surface area (Å²) in [6.07, 6.45) is 0.320. The summed E-state index contributed by atoms with van der Waals surface area (Å²) >= 11 is -1.34. The summed E-state index contributed by atoms with van der Waals surface area (Å²) in [6, 6.07) is 0. The zero-order chi connectivity index (χ0) is 6.85. The van der Waals surface area contributed by atoms with Crippen molar-refractivity contribution in [2.24, 2.45) is 0 Å². The van der Waals surface area contributed by atoms with Gasteiger partial charge in [0.1, 0.15) is 5.37 Å². The first-order chi connectivity index (χ1) is 4.24. The fourth-order valence-corrected chi connectivity index (χ4v) is 1.31. The molecule has 52 valence electrons. The Morgan fingerprint density at radius 1 is 1.89 bits per heavy atom. The minimum Gasteiger partial charge on any atom is -0.339 e. The van der Waals surface area contributed by atoms with Crippen molar-refractivity contribution in [3.63, 3.8) is 0 Å². The van der Waals surface area contributed by atoms with Crippen molar-refractivity contribution in [1.82, 2.24) is 5.32 Å². The van der Waals surface area contributed by atoms with E-state index in [2.05, 4.69) is 9.50 Å². The molecular weight excluding hydrogens is 142 g/mol. The number of carbonyl (C=O) groups excluding carboxylic acids is 1. The fraction of sp³-hybridized carbons (Fsp3) is 0.750. The maximum atomic E-state index is 10.6. The second-order valence-corrected chi connectivity index (χ2v) is 3.11. The second kappa shape index (κ2) is 2.45. The number of hydrogen-bond donors (Lipinski definition) is 1. The molecule has 0 aromatic rings. The molecule has 9 heavy (non-hydrogen) atoms. The van der Waals surface area contributed by atoms with Crippen LogP contribution in [0, 0.1) is 0 Å². The third kappa shape index (κ3) is 1.28. The van der Waals surface area contributed by atoms with Crippen molar-refractivity contribution < 1.29 is 13.2 Å². The molecule has 0 aromatic carbocycles. The SMILES string of the molecule is COS(=O)C1CC(=O)N1. The summed E-state index contributed by atoms with van der Waals surface area (Å²) in [5, 5.41) is 2.15. The van der Waals surface area contributed by atoms with Crippen molar-refractivity contribution in [3.05, 3.63) is 0 Å². The molecule has 0 saturated carbocycles. The van der Waals surface area contributed by atoms with Gasteiger partial charge in [0.05, 0.1) is 13.5 Å². The molecule has 1 fully saturated rings. The molecule has 1 amide bonds. The average molecular weight is 149 g/mol. The Bertz CT molecular complexity index is 150. The molecule has 0 radical (unpaired) electrons. The zero-order valence-electron chi connectivity index (χ0n) is 4.92. The van der Waals surface area contributed by atoms with Gasteiger partial charge < -0.3 is 5.32 Å². The summed E-state index contributed by atoms with van der Waals surface area (Å²) in [5.41, 5.74) is 0. The van der Waals surface area contributed by atoms with Crippen molar-refractivity contribution >= 4 is 17.0 Å². The Kier molecular flexibility index (Phi) is 1.82. The molecule has 5 heteroatoms. The number of hydrogen-bond acceptors (Lipinski definition) is 3. The van der Waals surface area contributed by atoms with Gasteiger partial charge in [0.25, 0.3) is 0 Å². The molecule has 1 heterocycles. The first kappa shape index (κ1) is 6.70. The van der Waals surface area contributed by atoms with E-state index >= 15 is 0 Å². The largest absolute Gasteiger partial charge is 0.339 e. The number of nitrogens with one attached hydrogen (secondary N) is 1. The summed E-state index contributed by atoms with van der Waals surface area (Å²) in [5.74, 6) is -0.0644. The molecule has 1 N–H and O–H groups in total. The lowest BCUT2D eigenvalue weighted by Gasteiger charge is -2.23. The highest BCUT2D eigenvalue weighted by Gasteiger charge is 2.30. The number of β-lactam (4-membered cyclic amide) rings is 1. The Hall–Kier alpha value is -0.420. The Morgan fingerprint density at radius 2 is 2.44 bits per heavy atom. The number of amides is 1. The third-order valence-corrected chi connectivity index (χ3v) is 2.17. The van der Waals surface area contributed by atoms with Gasteiger partial charge in [0.2, 0.25) is 5.91 Å². The van der Waals surface area contributed by atoms with Crippen LogP contribution < -0.4 is 5.32 Å². The van der Waals surface area contributed by atoms with Gasteiger partial charge in [0, 0.05) is 0 Å². The van der Waals surface area contributed by atoms with E-state index in [9.17, 15) is 9.00 Å². The maximum absolute atomic E-state index is 10.6. The number of rotatable bonds is 2. The summed E-state index contributed by atoms with van der Waals surface area (Å²) < 4.78 is 15.1. The maximum Gasteiger partial charge on any atom is 0.224 e. The van der Waals surface area contributed by atoms with Crippen LogP contribution in [0.3, 0.4) is 0 Å². The van der Waals surface area contributed by atoms with Crippen molar-refractivity contribution in [2.75, 3.05) is 7.11 Å². The molecule has 1 aliphatic heterocycles. The van der Waals surface area contributed by atoms with Crippen LogP contribution in [0.1, 0.15) is 6.42 Å². The lowest BCUT2D eigenvalue weighted by Crippen LogP contribution is -2.51. The van der Waals surface area contributed by atoms with Crippen molar-refractivity contribution in [1.29, 1.82) is 0 Å². The van der Waals surface area contributed by atoms with Gasteiger partial charge in [0.15, 0.2) is 11.1 Å². The quantitative estimate of drug-likeness (QED) is 0.520. The van der Waals surface area contributed by atoms with Crippen LogP contribution >= 0.6 is 0 Å². The number of carbonyl (C=O) groups is 1. The molecular formula is C4H7NO3S. The van der Waals surface area contributed by atoms with Gasteiger partial charge in [-0.1, -0.05) is 0 Å². The van der Waals surface area contributed by atoms with E-state index in [1.165, 1.54) is 7.11 Å². The minimum absolute atomic E-state index is 0.0644. The molecule has 0 aliphatic carbocycles. The Labute approximate surface area is 55.2 Å². The van der Waals surface area contributed by atoms with Crippen LogP contribution in [0.15, 0.2) is 0 Å². The monoisotopic (exact) mass is 149 g/mol. The summed E-state index contributed by atoms with van der Waals surface area (Å²) in [7, 11) is 1.35. The van der Waals surface area contributed by atoms with Crippen LogP contribution in [-0.2, 0) is 20.1 Å². The molecule has 4 nitrogen and oxygen atoms in total. The van der Waals surface area contributed by atoms with Gasteiger partial charge in [-0.05, 0) is 0 Å². The third-order valence-electron chi connectivity index (χ3n) is 1.09. The Balaban J connectivity index is 2.31. The highest BCUT2D eigenvalue weighted by Crippen LogP contribution is 2.08. The van der Waals surface area contributed by atoms with E-state index in [1.807, 2.05) is 0 Å². The first-order valence-corrected chi connectivity index (χ1v) is 3.62. The van der Waals surface area contributed by atoms with Crippen molar-refractivity contribution in [3.8, 4) is 0 Å². The second-order valence-electron chi connectivity index (χ2n) is 1.69. The van der Waals surface area contributed by atoms with Crippen LogP contribution in [0.2, 0.25) is 0 Å². The molecule has 0 bridgehead atoms. The molecule has 1 saturated heterocycles. The van der Waals surface area contributed by atoms with Gasteiger partial charge >= 0.3 is 0 Å². The smallest absolute Gasteiger partial charge is 0.224 e. The minimum atomic E-state index is -1.34. The van der Waals surface area contributed by atoms with Crippen LogP contribution in [-0.4, -0.2) is 22.6 Å². The normalized spacial score (nSPS) is 28.6. The standard InChI is InChI=1S/C4H7NO3S/c1-8-9(7)4-2-3(6)5-4/h4H,2H2,1H3,(H,5,6). The van der Waals surface area contributed by atoms with Crippen LogP contribution in [0.25, 0.3) is 0 Å². The molecule has 2 atom stereocenters. The molecule has 2 unspecified atom stereocenters. The average Bonchev–Trinajstić information content (AvgIpc) is 1.79. The molecule has 1 aliphatic rings. The van der Waals surface area contributed by atoms with Gasteiger partial charge in [-0.3, -0.25) is 8.98 Å². The van der Waals surface area contributed by atoms with E-state index in [0.717, 1.165) is 0 Å².